The fraction of sp³-hybridized carbons (Fsp3) is 0.0833. The Morgan fingerprint density at radius 2 is 1.61 bits per heavy atom. The van der Waals surface area contributed by atoms with Crippen molar-refractivity contribution in [2.24, 2.45) is 0 Å². The van der Waals surface area contributed by atoms with Crippen LogP contribution in [0.1, 0.15) is 16.8 Å². The van der Waals surface area contributed by atoms with Crippen LogP contribution >= 0.6 is 28.1 Å². The fourth-order valence-electron chi connectivity index (χ4n) is 3.43. The van der Waals surface area contributed by atoms with Gasteiger partial charge in [-0.3, -0.25) is 24.7 Å². The van der Waals surface area contributed by atoms with Gasteiger partial charge in [-0.2, -0.15) is 0 Å². The molecular formula is C24H19BrN4O3S. The molecule has 3 amide bonds. The monoisotopic (exact) mass is 522 g/mol. The first kappa shape index (κ1) is 22.6. The van der Waals surface area contributed by atoms with Crippen molar-refractivity contribution >= 4 is 62.4 Å². The predicted octanol–water partition coefficient (Wildman–Crippen LogP) is 4.13. The van der Waals surface area contributed by atoms with E-state index in [1.807, 2.05) is 12.1 Å². The largest absolute Gasteiger partial charge is 0.326 e. The Morgan fingerprint density at radius 3 is 2.27 bits per heavy atom. The van der Waals surface area contributed by atoms with Gasteiger partial charge in [0.05, 0.1) is 12.1 Å². The first-order chi connectivity index (χ1) is 15.9. The SMILES string of the molecule is O=C(CC1C(=O)N(c2ccccc2)C(=S)N1NC(=O)c1ccccc1)Nc1cccc(Br)c1. The molecule has 1 aliphatic heterocycles. The average molecular weight is 523 g/mol. The van der Waals surface area contributed by atoms with Gasteiger partial charge in [0.2, 0.25) is 11.0 Å². The number of para-hydroxylation sites is 1. The molecule has 4 rings (SSSR count). The summed E-state index contributed by atoms with van der Waals surface area (Å²) in [7, 11) is 0. The third-order valence-corrected chi connectivity index (χ3v) is 5.85. The number of thiocarbonyl (C=S) groups is 1. The summed E-state index contributed by atoms with van der Waals surface area (Å²) >= 11 is 8.91. The van der Waals surface area contributed by atoms with Gasteiger partial charge in [-0.05, 0) is 54.7 Å². The zero-order valence-electron chi connectivity index (χ0n) is 17.3. The van der Waals surface area contributed by atoms with Gasteiger partial charge in [0.15, 0.2) is 0 Å². The third-order valence-electron chi connectivity index (χ3n) is 4.97. The van der Waals surface area contributed by atoms with Gasteiger partial charge in [0.1, 0.15) is 6.04 Å². The predicted molar refractivity (Wildman–Crippen MR) is 133 cm³/mol. The van der Waals surface area contributed by atoms with E-state index in [1.54, 1.807) is 72.8 Å². The molecule has 0 radical (unpaired) electrons. The summed E-state index contributed by atoms with van der Waals surface area (Å²) in [6.45, 7) is 0. The second-order valence-electron chi connectivity index (χ2n) is 7.25. The summed E-state index contributed by atoms with van der Waals surface area (Å²) in [5.41, 5.74) is 4.25. The Labute approximate surface area is 204 Å². The van der Waals surface area contributed by atoms with Gasteiger partial charge in [-0.25, -0.2) is 5.01 Å². The first-order valence-electron chi connectivity index (χ1n) is 10.1. The van der Waals surface area contributed by atoms with Crippen LogP contribution in [0.15, 0.2) is 89.4 Å². The molecule has 0 saturated carbocycles. The summed E-state index contributed by atoms with van der Waals surface area (Å²) < 4.78 is 0.811. The molecule has 1 aliphatic rings. The number of nitrogens with zero attached hydrogens (tertiary/aromatic N) is 2. The highest BCUT2D eigenvalue weighted by molar-refractivity contribution is 9.10. The van der Waals surface area contributed by atoms with Gasteiger partial charge in [-0.15, -0.1) is 0 Å². The fourth-order valence-corrected chi connectivity index (χ4v) is 4.20. The smallest absolute Gasteiger partial charge is 0.269 e. The molecule has 0 bridgehead atoms. The highest BCUT2D eigenvalue weighted by atomic mass is 79.9. The van der Waals surface area contributed by atoms with Crippen LogP contribution in [0.25, 0.3) is 0 Å². The Morgan fingerprint density at radius 1 is 0.939 bits per heavy atom. The second kappa shape index (κ2) is 9.93. The van der Waals surface area contributed by atoms with Gasteiger partial charge < -0.3 is 5.32 Å². The molecule has 33 heavy (non-hydrogen) atoms. The number of hydrazine groups is 1. The highest BCUT2D eigenvalue weighted by Crippen LogP contribution is 2.26. The van der Waals surface area contributed by atoms with Crippen LogP contribution < -0.4 is 15.6 Å². The lowest BCUT2D eigenvalue weighted by Gasteiger charge is -2.24. The van der Waals surface area contributed by atoms with Crippen LogP contribution in [0.4, 0.5) is 11.4 Å². The Bertz CT molecular complexity index is 1210. The molecule has 0 aliphatic carbocycles. The van der Waals surface area contributed by atoms with Gasteiger partial charge in [0.25, 0.3) is 11.8 Å². The van der Waals surface area contributed by atoms with Crippen LogP contribution in [0.5, 0.6) is 0 Å². The number of amides is 3. The van der Waals surface area contributed by atoms with Crippen LogP contribution in [-0.2, 0) is 9.59 Å². The maximum Gasteiger partial charge on any atom is 0.269 e. The molecule has 0 spiro atoms. The van der Waals surface area contributed by atoms with Gasteiger partial charge in [-0.1, -0.05) is 58.4 Å². The lowest BCUT2D eigenvalue weighted by molar-refractivity contribution is -0.124. The number of rotatable bonds is 6. The maximum atomic E-state index is 13.3. The summed E-state index contributed by atoms with van der Waals surface area (Å²) in [4.78, 5) is 40.3. The van der Waals surface area contributed by atoms with E-state index in [4.69, 9.17) is 12.2 Å². The van der Waals surface area contributed by atoms with E-state index in [1.165, 1.54) is 9.91 Å². The number of carbonyl (C=O) groups excluding carboxylic acids is 3. The number of nitrogens with one attached hydrogen (secondary N) is 2. The lowest BCUT2D eigenvalue weighted by Crippen LogP contribution is -2.49. The molecule has 9 heteroatoms. The molecular weight excluding hydrogens is 504 g/mol. The molecule has 3 aromatic carbocycles. The topological polar surface area (TPSA) is 81.8 Å². The van der Waals surface area contributed by atoms with Crippen molar-refractivity contribution in [1.82, 2.24) is 10.4 Å². The van der Waals surface area contributed by atoms with Crippen LogP contribution in [0.3, 0.4) is 0 Å². The number of benzene rings is 3. The summed E-state index contributed by atoms with van der Waals surface area (Å²) in [5, 5.41) is 4.17. The van der Waals surface area contributed by atoms with Crippen molar-refractivity contribution in [1.29, 1.82) is 0 Å². The Balaban J connectivity index is 1.59. The van der Waals surface area contributed by atoms with Crippen molar-refractivity contribution < 1.29 is 14.4 Å². The van der Waals surface area contributed by atoms with E-state index in [2.05, 4.69) is 26.7 Å². The van der Waals surface area contributed by atoms with Crippen molar-refractivity contribution in [3.05, 3.63) is 95.0 Å². The number of anilines is 2. The summed E-state index contributed by atoms with van der Waals surface area (Å²) in [5.74, 6) is -1.22. The molecule has 1 heterocycles. The Hall–Kier alpha value is -3.56. The van der Waals surface area contributed by atoms with E-state index in [0.717, 1.165) is 4.47 Å². The molecule has 1 fully saturated rings. The maximum absolute atomic E-state index is 13.3. The van der Waals surface area contributed by atoms with E-state index >= 15 is 0 Å². The lowest BCUT2D eigenvalue weighted by atomic mass is 10.1. The molecule has 1 unspecified atom stereocenters. The molecule has 1 atom stereocenters. The minimum Gasteiger partial charge on any atom is -0.326 e. The van der Waals surface area contributed by atoms with Gasteiger partial charge in [0, 0.05) is 15.7 Å². The molecule has 3 aromatic rings. The van der Waals surface area contributed by atoms with E-state index in [9.17, 15) is 14.4 Å². The Kier molecular flexibility index (Phi) is 6.81. The van der Waals surface area contributed by atoms with Gasteiger partial charge >= 0.3 is 0 Å². The molecule has 0 aromatic heterocycles. The van der Waals surface area contributed by atoms with Crippen LogP contribution in [0.2, 0.25) is 0 Å². The summed E-state index contributed by atoms with van der Waals surface area (Å²) in [6.07, 6.45) is -0.204. The van der Waals surface area contributed by atoms with E-state index in [-0.39, 0.29) is 17.4 Å². The molecule has 1 saturated heterocycles. The molecule has 7 nitrogen and oxygen atoms in total. The molecule has 166 valence electrons. The van der Waals surface area contributed by atoms with E-state index in [0.29, 0.717) is 16.9 Å². The minimum absolute atomic E-state index is 0.0933. The zero-order valence-corrected chi connectivity index (χ0v) is 19.7. The zero-order chi connectivity index (χ0) is 23.4. The number of hydrogen-bond acceptors (Lipinski definition) is 4. The summed E-state index contributed by atoms with van der Waals surface area (Å²) in [6, 6.07) is 23.6. The number of carbonyl (C=O) groups is 3. The highest BCUT2D eigenvalue weighted by Gasteiger charge is 2.45. The first-order valence-corrected chi connectivity index (χ1v) is 11.3. The number of halogens is 1. The van der Waals surface area contributed by atoms with Crippen molar-refractivity contribution in [2.75, 3.05) is 10.2 Å². The van der Waals surface area contributed by atoms with Crippen molar-refractivity contribution in [2.45, 2.75) is 12.5 Å². The van der Waals surface area contributed by atoms with Crippen LogP contribution in [0, 0.1) is 0 Å². The third kappa shape index (κ3) is 5.10. The second-order valence-corrected chi connectivity index (χ2v) is 8.53. The normalized spacial score (nSPS) is 15.5. The van der Waals surface area contributed by atoms with Crippen molar-refractivity contribution in [3.8, 4) is 0 Å². The minimum atomic E-state index is -1.00. The number of hydrogen-bond donors (Lipinski definition) is 2. The quantitative estimate of drug-likeness (QED) is 0.475. The van der Waals surface area contributed by atoms with Crippen molar-refractivity contribution in [3.63, 3.8) is 0 Å². The van der Waals surface area contributed by atoms with E-state index < -0.39 is 17.9 Å². The molecule has 2 N–H and O–H groups in total. The van der Waals surface area contributed by atoms with Crippen LogP contribution in [-0.4, -0.2) is 33.9 Å². The average Bonchev–Trinajstić information content (AvgIpc) is 3.04. The standard InChI is InChI=1S/C24H19BrN4O3S/c25-17-10-7-11-18(14-17)26-21(30)15-20-23(32)28(19-12-5-2-6-13-19)24(33)29(20)27-22(31)16-8-3-1-4-9-16/h1-14,20H,15H2,(H,26,30)(H,27,31).